The SMILES string of the molecule is COc1ccc(-c2csc(CN3CCN(C(=O)c4cn(C)nc4OC)CC3)n2)cc1. The highest BCUT2D eigenvalue weighted by molar-refractivity contribution is 7.09. The van der Waals surface area contributed by atoms with Gasteiger partial charge in [0.15, 0.2) is 0 Å². The molecule has 9 heteroatoms. The number of piperazine rings is 1. The van der Waals surface area contributed by atoms with Gasteiger partial charge in [-0.1, -0.05) is 0 Å². The molecule has 1 fully saturated rings. The molecule has 0 unspecified atom stereocenters. The first-order valence-electron chi connectivity index (χ1n) is 9.75. The van der Waals surface area contributed by atoms with Gasteiger partial charge in [-0.2, -0.15) is 0 Å². The lowest BCUT2D eigenvalue weighted by Crippen LogP contribution is -2.48. The smallest absolute Gasteiger partial charge is 0.261 e. The van der Waals surface area contributed by atoms with Gasteiger partial charge in [0.05, 0.1) is 26.5 Å². The minimum atomic E-state index is -0.0318. The van der Waals surface area contributed by atoms with E-state index in [-0.39, 0.29) is 5.91 Å². The molecule has 3 heterocycles. The molecule has 0 N–H and O–H groups in total. The molecular weight excluding hydrogens is 402 g/mol. The van der Waals surface area contributed by atoms with E-state index in [0.717, 1.165) is 41.6 Å². The van der Waals surface area contributed by atoms with Crippen molar-refractivity contribution in [3.05, 3.63) is 46.4 Å². The fourth-order valence-electron chi connectivity index (χ4n) is 3.51. The standard InChI is InChI=1S/C21H25N5O3S/c1-24-12-17(20(23-24)29-3)21(27)26-10-8-25(9-11-26)13-19-22-18(14-30-19)15-4-6-16(28-2)7-5-15/h4-7,12,14H,8-11,13H2,1-3H3. The quantitative estimate of drug-likeness (QED) is 0.602. The van der Waals surface area contributed by atoms with Crippen LogP contribution in [0.15, 0.2) is 35.8 Å². The maximum Gasteiger partial charge on any atom is 0.261 e. The Balaban J connectivity index is 1.34. The Bertz CT molecular complexity index is 1010. The zero-order valence-electron chi connectivity index (χ0n) is 17.4. The van der Waals surface area contributed by atoms with Crippen LogP contribution in [0.5, 0.6) is 11.6 Å². The zero-order chi connectivity index (χ0) is 21.1. The lowest BCUT2D eigenvalue weighted by molar-refractivity contribution is 0.0625. The molecule has 0 aliphatic carbocycles. The van der Waals surface area contributed by atoms with Gasteiger partial charge in [-0.3, -0.25) is 14.4 Å². The highest BCUT2D eigenvalue weighted by atomic mass is 32.1. The summed E-state index contributed by atoms with van der Waals surface area (Å²) in [5.41, 5.74) is 2.58. The fraction of sp³-hybridized carbons (Fsp3) is 0.381. The number of thiazole rings is 1. The molecule has 1 aliphatic rings. The van der Waals surface area contributed by atoms with E-state index in [4.69, 9.17) is 14.5 Å². The molecule has 0 radical (unpaired) electrons. The number of methoxy groups -OCH3 is 2. The fourth-order valence-corrected chi connectivity index (χ4v) is 4.36. The summed E-state index contributed by atoms with van der Waals surface area (Å²) in [7, 11) is 4.98. The average Bonchev–Trinajstić information content (AvgIpc) is 3.40. The molecule has 30 heavy (non-hydrogen) atoms. The Morgan fingerprint density at radius 2 is 1.83 bits per heavy atom. The number of rotatable bonds is 6. The van der Waals surface area contributed by atoms with Crippen molar-refractivity contribution in [2.45, 2.75) is 6.54 Å². The number of ether oxygens (including phenoxy) is 2. The summed E-state index contributed by atoms with van der Waals surface area (Å²) in [5.74, 6) is 1.18. The second kappa shape index (κ2) is 8.85. The van der Waals surface area contributed by atoms with Gasteiger partial charge in [0.25, 0.3) is 5.91 Å². The van der Waals surface area contributed by atoms with E-state index < -0.39 is 0 Å². The Morgan fingerprint density at radius 3 is 2.50 bits per heavy atom. The molecule has 0 atom stereocenters. The van der Waals surface area contributed by atoms with Crippen LogP contribution in [0, 0.1) is 0 Å². The number of amides is 1. The third kappa shape index (κ3) is 4.31. The Labute approximate surface area is 179 Å². The molecule has 158 valence electrons. The van der Waals surface area contributed by atoms with Crippen molar-refractivity contribution in [2.24, 2.45) is 7.05 Å². The Morgan fingerprint density at radius 1 is 1.10 bits per heavy atom. The number of carbonyl (C=O) groups is 1. The molecule has 2 aromatic heterocycles. The second-order valence-corrected chi connectivity index (χ2v) is 8.09. The van der Waals surface area contributed by atoms with Gasteiger partial charge < -0.3 is 14.4 Å². The van der Waals surface area contributed by atoms with Crippen LogP contribution in [0.4, 0.5) is 0 Å². The summed E-state index contributed by atoms with van der Waals surface area (Å²) in [4.78, 5) is 21.8. The summed E-state index contributed by atoms with van der Waals surface area (Å²) < 4.78 is 12.0. The number of hydrogen-bond acceptors (Lipinski definition) is 7. The van der Waals surface area contributed by atoms with Gasteiger partial charge in [-0.05, 0) is 24.3 Å². The normalized spacial score (nSPS) is 14.7. The maximum absolute atomic E-state index is 12.8. The van der Waals surface area contributed by atoms with Gasteiger partial charge >= 0.3 is 0 Å². The number of hydrogen-bond donors (Lipinski definition) is 0. The zero-order valence-corrected chi connectivity index (χ0v) is 18.2. The van der Waals surface area contributed by atoms with Crippen molar-refractivity contribution < 1.29 is 14.3 Å². The molecule has 4 rings (SSSR count). The summed E-state index contributed by atoms with van der Waals surface area (Å²) in [6.45, 7) is 3.76. The largest absolute Gasteiger partial charge is 0.497 e. The molecule has 3 aromatic rings. The lowest BCUT2D eigenvalue weighted by Gasteiger charge is -2.34. The first-order chi connectivity index (χ1) is 14.6. The third-order valence-electron chi connectivity index (χ3n) is 5.17. The molecular formula is C21H25N5O3S. The van der Waals surface area contributed by atoms with Crippen LogP contribution in [0.25, 0.3) is 11.3 Å². The summed E-state index contributed by atoms with van der Waals surface area (Å²) >= 11 is 1.67. The Kier molecular flexibility index (Phi) is 6.01. The molecule has 1 aliphatic heterocycles. The average molecular weight is 428 g/mol. The van der Waals surface area contributed by atoms with Gasteiger partial charge in [0.1, 0.15) is 16.3 Å². The first-order valence-corrected chi connectivity index (χ1v) is 10.6. The molecule has 1 amide bonds. The molecule has 8 nitrogen and oxygen atoms in total. The maximum atomic E-state index is 12.8. The van der Waals surface area contributed by atoms with Crippen molar-refractivity contribution in [2.75, 3.05) is 40.4 Å². The molecule has 1 saturated heterocycles. The second-order valence-electron chi connectivity index (χ2n) is 7.15. The van der Waals surface area contributed by atoms with Crippen molar-refractivity contribution >= 4 is 17.2 Å². The van der Waals surface area contributed by atoms with Crippen LogP contribution in [0.1, 0.15) is 15.4 Å². The first kappa shape index (κ1) is 20.4. The molecule has 0 spiro atoms. The van der Waals surface area contributed by atoms with Gasteiger partial charge in [-0.15, -0.1) is 16.4 Å². The van der Waals surface area contributed by atoms with E-state index in [1.807, 2.05) is 29.2 Å². The predicted octanol–water partition coefficient (Wildman–Crippen LogP) is 2.52. The van der Waals surface area contributed by atoms with Crippen LogP contribution in [-0.2, 0) is 13.6 Å². The van der Waals surface area contributed by atoms with Crippen molar-refractivity contribution in [1.82, 2.24) is 24.6 Å². The van der Waals surface area contributed by atoms with E-state index in [0.29, 0.717) is 24.5 Å². The highest BCUT2D eigenvalue weighted by Crippen LogP contribution is 2.25. The van der Waals surface area contributed by atoms with Crippen LogP contribution >= 0.6 is 11.3 Å². The molecule has 1 aromatic carbocycles. The topological polar surface area (TPSA) is 72.7 Å². The van der Waals surface area contributed by atoms with Crippen molar-refractivity contribution in [3.8, 4) is 22.9 Å². The van der Waals surface area contributed by atoms with E-state index in [2.05, 4.69) is 15.4 Å². The number of carbonyl (C=O) groups excluding carboxylic acids is 1. The summed E-state index contributed by atoms with van der Waals surface area (Å²) in [6, 6.07) is 7.94. The van der Waals surface area contributed by atoms with Crippen LogP contribution in [0.2, 0.25) is 0 Å². The number of nitrogens with zero attached hydrogens (tertiary/aromatic N) is 5. The van der Waals surface area contributed by atoms with Crippen LogP contribution in [-0.4, -0.2) is 70.9 Å². The number of aryl methyl sites for hydroxylation is 1. The van der Waals surface area contributed by atoms with E-state index >= 15 is 0 Å². The van der Waals surface area contributed by atoms with Crippen molar-refractivity contribution in [1.29, 1.82) is 0 Å². The summed E-state index contributed by atoms with van der Waals surface area (Å²) in [5, 5.41) is 7.34. The third-order valence-corrected chi connectivity index (χ3v) is 6.01. The van der Waals surface area contributed by atoms with E-state index in [9.17, 15) is 4.79 Å². The van der Waals surface area contributed by atoms with Crippen LogP contribution in [0.3, 0.4) is 0 Å². The predicted molar refractivity (Wildman–Crippen MR) is 115 cm³/mol. The Hall–Kier alpha value is -2.91. The van der Waals surface area contributed by atoms with Crippen molar-refractivity contribution in [3.63, 3.8) is 0 Å². The van der Waals surface area contributed by atoms with Gasteiger partial charge in [0.2, 0.25) is 5.88 Å². The van der Waals surface area contributed by atoms with Gasteiger partial charge in [0, 0.05) is 50.4 Å². The minimum absolute atomic E-state index is 0.0318. The monoisotopic (exact) mass is 427 g/mol. The van der Waals surface area contributed by atoms with Gasteiger partial charge in [-0.25, -0.2) is 4.98 Å². The number of aromatic nitrogens is 3. The lowest BCUT2D eigenvalue weighted by atomic mass is 10.2. The van der Waals surface area contributed by atoms with E-state index in [1.54, 1.807) is 36.4 Å². The molecule has 0 saturated carbocycles. The minimum Gasteiger partial charge on any atom is -0.497 e. The number of benzene rings is 1. The van der Waals surface area contributed by atoms with E-state index in [1.165, 1.54) is 7.11 Å². The summed E-state index contributed by atoms with van der Waals surface area (Å²) in [6.07, 6.45) is 1.71. The van der Waals surface area contributed by atoms with Crippen LogP contribution < -0.4 is 9.47 Å². The highest BCUT2D eigenvalue weighted by Gasteiger charge is 2.26. The molecule has 0 bridgehead atoms.